The summed E-state index contributed by atoms with van der Waals surface area (Å²) in [7, 11) is 4.21. The van der Waals surface area contributed by atoms with Crippen molar-refractivity contribution in [2.24, 2.45) is 5.92 Å². The average Bonchev–Trinajstić information content (AvgIpc) is 2.59. The van der Waals surface area contributed by atoms with Crippen molar-refractivity contribution in [3.63, 3.8) is 0 Å². The number of ether oxygens (including phenoxy) is 1. The minimum absolute atomic E-state index is 0.502. The molecule has 0 aromatic rings. The predicted molar refractivity (Wildman–Crippen MR) is 59.6 cm³/mol. The van der Waals surface area contributed by atoms with Crippen LogP contribution in [0.5, 0.6) is 0 Å². The lowest BCUT2D eigenvalue weighted by atomic mass is 10.00. The van der Waals surface area contributed by atoms with Gasteiger partial charge in [0.25, 0.3) is 0 Å². The van der Waals surface area contributed by atoms with E-state index in [2.05, 4.69) is 31.2 Å². The maximum absolute atomic E-state index is 5.64. The minimum Gasteiger partial charge on any atom is -0.378 e. The minimum atomic E-state index is 0.502. The summed E-state index contributed by atoms with van der Waals surface area (Å²) in [5.74, 6) is 0.738. The van der Waals surface area contributed by atoms with E-state index < -0.39 is 0 Å². The second-order valence-corrected chi connectivity index (χ2v) is 4.37. The molecule has 0 bridgehead atoms. The molecule has 0 aliphatic carbocycles. The van der Waals surface area contributed by atoms with Crippen molar-refractivity contribution in [3.8, 4) is 0 Å². The fourth-order valence-corrected chi connectivity index (χ4v) is 1.97. The summed E-state index contributed by atoms with van der Waals surface area (Å²) in [4.78, 5) is 2.20. The van der Waals surface area contributed by atoms with Crippen molar-refractivity contribution in [2.75, 3.05) is 40.3 Å². The summed E-state index contributed by atoms with van der Waals surface area (Å²) in [5.41, 5.74) is 0. The van der Waals surface area contributed by atoms with E-state index in [0.29, 0.717) is 6.10 Å². The molecule has 1 heterocycles. The second kappa shape index (κ2) is 6.38. The Kier molecular flexibility index (Phi) is 5.45. The first-order valence-corrected chi connectivity index (χ1v) is 5.71. The largest absolute Gasteiger partial charge is 0.378 e. The van der Waals surface area contributed by atoms with Crippen molar-refractivity contribution < 1.29 is 4.74 Å². The van der Waals surface area contributed by atoms with Crippen LogP contribution in [0, 0.1) is 5.92 Å². The van der Waals surface area contributed by atoms with E-state index in [4.69, 9.17) is 4.74 Å². The molecule has 0 spiro atoms. The highest BCUT2D eigenvalue weighted by Gasteiger charge is 2.25. The summed E-state index contributed by atoms with van der Waals surface area (Å²) >= 11 is 0. The summed E-state index contributed by atoms with van der Waals surface area (Å²) in [5, 5.41) is 3.50. The van der Waals surface area contributed by atoms with E-state index in [-0.39, 0.29) is 0 Å². The van der Waals surface area contributed by atoms with Gasteiger partial charge in [-0.1, -0.05) is 6.92 Å². The van der Waals surface area contributed by atoms with E-state index >= 15 is 0 Å². The van der Waals surface area contributed by atoms with Gasteiger partial charge in [0.05, 0.1) is 6.10 Å². The molecule has 14 heavy (non-hydrogen) atoms. The zero-order chi connectivity index (χ0) is 10.4. The molecule has 0 amide bonds. The van der Waals surface area contributed by atoms with Crippen LogP contribution >= 0.6 is 0 Å². The molecule has 2 atom stereocenters. The molecule has 0 saturated carbocycles. The number of rotatable bonds is 6. The Morgan fingerprint density at radius 1 is 1.43 bits per heavy atom. The number of nitrogens with one attached hydrogen (secondary N) is 1. The average molecular weight is 200 g/mol. The van der Waals surface area contributed by atoms with Crippen molar-refractivity contribution in [2.45, 2.75) is 25.9 Å². The molecular weight excluding hydrogens is 176 g/mol. The van der Waals surface area contributed by atoms with Gasteiger partial charge in [-0.25, -0.2) is 0 Å². The SMILES string of the molecule is CCC1OCCC1CNCCN(C)C. The smallest absolute Gasteiger partial charge is 0.0613 e. The van der Waals surface area contributed by atoms with Gasteiger partial charge in [0.2, 0.25) is 0 Å². The van der Waals surface area contributed by atoms with Gasteiger partial charge in [-0.3, -0.25) is 0 Å². The number of hydrogen-bond acceptors (Lipinski definition) is 3. The lowest BCUT2D eigenvalue weighted by molar-refractivity contribution is 0.0872. The Morgan fingerprint density at radius 3 is 2.86 bits per heavy atom. The third-order valence-corrected chi connectivity index (χ3v) is 2.89. The number of likely N-dealkylation sites (N-methyl/N-ethyl adjacent to an activating group) is 1. The van der Waals surface area contributed by atoms with Crippen LogP contribution in [0.2, 0.25) is 0 Å². The van der Waals surface area contributed by atoms with E-state index in [1.54, 1.807) is 0 Å². The fraction of sp³-hybridized carbons (Fsp3) is 1.00. The maximum atomic E-state index is 5.64. The van der Waals surface area contributed by atoms with Gasteiger partial charge < -0.3 is 15.0 Å². The zero-order valence-corrected chi connectivity index (χ0v) is 9.75. The van der Waals surface area contributed by atoms with Crippen LogP contribution in [0.4, 0.5) is 0 Å². The molecule has 2 unspecified atom stereocenters. The molecule has 0 radical (unpaired) electrons. The highest BCUT2D eigenvalue weighted by atomic mass is 16.5. The first-order valence-electron chi connectivity index (χ1n) is 5.71. The molecule has 0 aromatic heterocycles. The van der Waals surface area contributed by atoms with Crippen molar-refractivity contribution in [1.29, 1.82) is 0 Å². The lowest BCUT2D eigenvalue weighted by Gasteiger charge is -2.18. The fourth-order valence-electron chi connectivity index (χ4n) is 1.97. The molecule has 1 saturated heterocycles. The van der Waals surface area contributed by atoms with Gasteiger partial charge in [0, 0.05) is 26.2 Å². The Morgan fingerprint density at radius 2 is 2.21 bits per heavy atom. The summed E-state index contributed by atoms with van der Waals surface area (Å²) in [6, 6.07) is 0. The van der Waals surface area contributed by atoms with Gasteiger partial charge in [0.15, 0.2) is 0 Å². The number of hydrogen-bond donors (Lipinski definition) is 1. The molecular formula is C11H24N2O. The van der Waals surface area contributed by atoms with Crippen LogP contribution in [0.3, 0.4) is 0 Å². The van der Waals surface area contributed by atoms with Gasteiger partial charge in [-0.05, 0) is 32.9 Å². The van der Waals surface area contributed by atoms with E-state index in [0.717, 1.165) is 38.6 Å². The zero-order valence-electron chi connectivity index (χ0n) is 9.75. The third kappa shape index (κ3) is 3.95. The molecule has 1 rings (SSSR count). The molecule has 1 fully saturated rings. The van der Waals surface area contributed by atoms with Crippen LogP contribution < -0.4 is 5.32 Å². The Balaban J connectivity index is 2.05. The first kappa shape index (κ1) is 12.0. The monoisotopic (exact) mass is 200 g/mol. The van der Waals surface area contributed by atoms with Crippen molar-refractivity contribution in [1.82, 2.24) is 10.2 Å². The molecule has 1 aliphatic heterocycles. The van der Waals surface area contributed by atoms with Crippen molar-refractivity contribution in [3.05, 3.63) is 0 Å². The molecule has 3 heteroatoms. The summed E-state index contributed by atoms with van der Waals surface area (Å²) in [6.07, 6.45) is 2.88. The Labute approximate surface area is 87.8 Å². The molecule has 1 aliphatic rings. The summed E-state index contributed by atoms with van der Waals surface area (Å²) in [6.45, 7) is 6.48. The van der Waals surface area contributed by atoms with Crippen LogP contribution in [0.15, 0.2) is 0 Å². The quantitative estimate of drug-likeness (QED) is 0.646. The molecule has 3 nitrogen and oxygen atoms in total. The van der Waals surface area contributed by atoms with Crippen LogP contribution in [0.25, 0.3) is 0 Å². The van der Waals surface area contributed by atoms with E-state index in [1.165, 1.54) is 6.42 Å². The van der Waals surface area contributed by atoms with Gasteiger partial charge in [-0.2, -0.15) is 0 Å². The van der Waals surface area contributed by atoms with Gasteiger partial charge in [-0.15, -0.1) is 0 Å². The van der Waals surface area contributed by atoms with E-state index in [9.17, 15) is 0 Å². The second-order valence-electron chi connectivity index (χ2n) is 4.37. The van der Waals surface area contributed by atoms with E-state index in [1.807, 2.05) is 0 Å². The normalized spacial score (nSPS) is 27.4. The Hall–Kier alpha value is -0.120. The van der Waals surface area contributed by atoms with Crippen LogP contribution in [-0.4, -0.2) is 51.3 Å². The van der Waals surface area contributed by atoms with Gasteiger partial charge in [0.1, 0.15) is 0 Å². The molecule has 84 valence electrons. The summed E-state index contributed by atoms with van der Waals surface area (Å²) < 4.78 is 5.64. The van der Waals surface area contributed by atoms with Gasteiger partial charge >= 0.3 is 0 Å². The topological polar surface area (TPSA) is 24.5 Å². The highest BCUT2D eigenvalue weighted by Crippen LogP contribution is 2.22. The third-order valence-electron chi connectivity index (χ3n) is 2.89. The Bertz CT molecular complexity index is 150. The van der Waals surface area contributed by atoms with Crippen LogP contribution in [0.1, 0.15) is 19.8 Å². The maximum Gasteiger partial charge on any atom is 0.0613 e. The molecule has 1 N–H and O–H groups in total. The van der Waals surface area contributed by atoms with Crippen LogP contribution in [-0.2, 0) is 4.74 Å². The van der Waals surface area contributed by atoms with Crippen molar-refractivity contribution >= 4 is 0 Å². The predicted octanol–water partition coefficient (Wildman–Crippen LogP) is 0.953. The number of nitrogens with zero attached hydrogens (tertiary/aromatic N) is 1. The first-order chi connectivity index (χ1) is 6.74. The standard InChI is InChI=1S/C11H24N2O/c1-4-11-10(5-8-14-11)9-12-6-7-13(2)3/h10-12H,4-9H2,1-3H3. The highest BCUT2D eigenvalue weighted by molar-refractivity contribution is 4.76. The lowest BCUT2D eigenvalue weighted by Crippen LogP contribution is -2.33. The molecule has 0 aromatic carbocycles.